The van der Waals surface area contributed by atoms with Crippen LogP contribution in [0.2, 0.25) is 0 Å². The summed E-state index contributed by atoms with van der Waals surface area (Å²) < 4.78 is 1.94. The Morgan fingerprint density at radius 1 is 0.579 bits per heavy atom. The predicted octanol–water partition coefficient (Wildman–Crippen LogP) is 9.13. The molecule has 4 nitrogen and oxygen atoms in total. The van der Waals surface area contributed by atoms with Crippen LogP contribution in [0.25, 0.3) is 56.5 Å². The van der Waals surface area contributed by atoms with Crippen LogP contribution in [0.15, 0.2) is 93.9 Å². The van der Waals surface area contributed by atoms with Gasteiger partial charge in [-0.25, -0.2) is 4.98 Å². The number of aromatic amines is 2. The van der Waals surface area contributed by atoms with Gasteiger partial charge in [-0.3, -0.25) is 4.98 Å². The third-order valence-corrected chi connectivity index (χ3v) is 8.52. The summed E-state index contributed by atoms with van der Waals surface area (Å²) in [5, 5.41) is 0. The molecule has 2 aliphatic heterocycles. The van der Waals surface area contributed by atoms with Crippen molar-refractivity contribution in [2.24, 2.45) is 0 Å². The van der Waals surface area contributed by atoms with Gasteiger partial charge >= 0.3 is 0 Å². The highest BCUT2D eigenvalue weighted by atomic mass is 79.9. The van der Waals surface area contributed by atoms with E-state index >= 15 is 0 Å². The van der Waals surface area contributed by atoms with Crippen molar-refractivity contribution in [2.75, 3.05) is 0 Å². The van der Waals surface area contributed by atoms with Crippen LogP contribution in [-0.4, -0.2) is 19.9 Å². The molecule has 0 unspecified atom stereocenters. The van der Waals surface area contributed by atoms with E-state index in [0.717, 1.165) is 88.9 Å². The number of benzene rings is 2. The Bertz CT molecular complexity index is 1880. The first-order valence-corrected chi connectivity index (χ1v) is 14.1. The minimum atomic E-state index is 0.857. The molecule has 0 fully saturated rings. The maximum atomic E-state index is 5.15. The summed E-state index contributed by atoms with van der Waals surface area (Å²) in [4.78, 5) is 17.5. The number of aromatic nitrogens is 4. The Morgan fingerprint density at radius 3 is 2.03 bits per heavy atom. The van der Waals surface area contributed by atoms with E-state index < -0.39 is 0 Å². The van der Waals surface area contributed by atoms with Gasteiger partial charge in [0.2, 0.25) is 0 Å². The van der Waals surface area contributed by atoms with Gasteiger partial charge in [-0.05, 0) is 92.2 Å². The maximum absolute atomic E-state index is 5.15. The minimum Gasteiger partial charge on any atom is -0.355 e. The normalized spacial score (nSPS) is 12.7. The van der Waals surface area contributed by atoms with Crippen molar-refractivity contribution in [3.63, 3.8) is 0 Å². The van der Waals surface area contributed by atoms with Gasteiger partial charge in [0.05, 0.1) is 32.8 Å². The van der Waals surface area contributed by atoms with Crippen molar-refractivity contribution in [3.8, 4) is 22.3 Å². The van der Waals surface area contributed by atoms with Crippen molar-refractivity contribution in [3.05, 3.63) is 117 Å². The molecule has 184 valence electrons. The lowest BCUT2D eigenvalue weighted by molar-refractivity contribution is 1.02. The van der Waals surface area contributed by atoms with Crippen LogP contribution in [0.1, 0.15) is 22.8 Å². The first-order valence-electron chi connectivity index (χ1n) is 12.5. The highest BCUT2D eigenvalue weighted by Crippen LogP contribution is 2.35. The van der Waals surface area contributed by atoms with Gasteiger partial charge in [0, 0.05) is 32.1 Å². The Hall–Kier alpha value is -3.74. The lowest BCUT2D eigenvalue weighted by Crippen LogP contribution is -1.87. The zero-order valence-corrected chi connectivity index (χ0v) is 23.5. The molecule has 2 aromatic carbocycles. The van der Waals surface area contributed by atoms with E-state index in [1.54, 1.807) is 0 Å². The molecule has 38 heavy (non-hydrogen) atoms. The standard InChI is InChI=1S/C32H22Br2N4/c33-22-18-29-31(20-9-5-2-6-10-20)25-14-16-27(37-25)32(34)26-15-13-24(36-26)30(19-7-3-1-4-8-19)23-12-11-21(35-23)17-28(22)38-29/h1-12,14,16-18,35,38H,13,15H2. The molecule has 2 aliphatic rings. The molecular weight excluding hydrogens is 600 g/mol. The molecule has 0 saturated heterocycles. The summed E-state index contributed by atoms with van der Waals surface area (Å²) in [6.45, 7) is 0. The number of halogens is 2. The van der Waals surface area contributed by atoms with Crippen molar-refractivity contribution in [1.29, 1.82) is 0 Å². The van der Waals surface area contributed by atoms with Crippen LogP contribution < -0.4 is 0 Å². The quantitative estimate of drug-likeness (QED) is 0.203. The van der Waals surface area contributed by atoms with Crippen LogP contribution in [0.3, 0.4) is 0 Å². The molecule has 0 atom stereocenters. The van der Waals surface area contributed by atoms with Gasteiger partial charge in [0.1, 0.15) is 0 Å². The monoisotopic (exact) mass is 620 g/mol. The molecule has 5 aromatic rings. The van der Waals surface area contributed by atoms with Gasteiger partial charge in [0.25, 0.3) is 0 Å². The predicted molar refractivity (Wildman–Crippen MR) is 164 cm³/mol. The molecule has 7 rings (SSSR count). The topological polar surface area (TPSA) is 57.4 Å². The molecule has 0 radical (unpaired) electrons. The number of aryl methyl sites for hydroxylation is 2. The molecule has 6 heteroatoms. The number of rotatable bonds is 2. The molecule has 2 N–H and O–H groups in total. The van der Waals surface area contributed by atoms with Crippen molar-refractivity contribution in [1.82, 2.24) is 19.9 Å². The van der Waals surface area contributed by atoms with Gasteiger partial charge < -0.3 is 9.97 Å². The lowest BCUT2D eigenvalue weighted by atomic mass is 10.0. The molecule has 0 aliphatic carbocycles. The largest absolute Gasteiger partial charge is 0.355 e. The highest BCUT2D eigenvalue weighted by Gasteiger charge is 2.19. The summed E-state index contributed by atoms with van der Waals surface area (Å²) >= 11 is 7.65. The van der Waals surface area contributed by atoms with Crippen LogP contribution >= 0.6 is 31.9 Å². The van der Waals surface area contributed by atoms with Gasteiger partial charge in [0.15, 0.2) is 0 Å². The molecule has 0 amide bonds. The van der Waals surface area contributed by atoms with Crippen LogP contribution in [0.5, 0.6) is 0 Å². The first kappa shape index (κ1) is 23.4. The fourth-order valence-electron chi connectivity index (χ4n) is 5.23. The van der Waals surface area contributed by atoms with E-state index in [1.807, 2.05) is 12.1 Å². The Kier molecular flexibility index (Phi) is 5.87. The Morgan fingerprint density at radius 2 is 1.26 bits per heavy atom. The number of nitrogens with one attached hydrogen (secondary N) is 2. The molecule has 0 saturated carbocycles. The van der Waals surface area contributed by atoms with Crippen LogP contribution in [0, 0.1) is 0 Å². The molecule has 3 aromatic heterocycles. The first-order chi connectivity index (χ1) is 18.6. The number of H-pyrrole nitrogens is 2. The average Bonchev–Trinajstić information content (AvgIpc) is 3.75. The smallest absolute Gasteiger partial charge is 0.0798 e. The second kappa shape index (κ2) is 9.53. The SMILES string of the molecule is Brc1c2nc(c(-c3ccccc3)c3cc(Br)c(cc4ccc([nH]4)c(-c4ccccc4)c4nc1CC4)[nH]3)C=C2. The second-order valence-corrected chi connectivity index (χ2v) is 11.1. The summed E-state index contributed by atoms with van der Waals surface area (Å²) in [5.41, 5.74) is 12.4. The summed E-state index contributed by atoms with van der Waals surface area (Å²) in [5.74, 6) is 0. The number of hydrogen-bond acceptors (Lipinski definition) is 2. The lowest BCUT2D eigenvalue weighted by Gasteiger charge is -2.04. The van der Waals surface area contributed by atoms with E-state index in [9.17, 15) is 0 Å². The number of hydrogen-bond donors (Lipinski definition) is 2. The number of nitrogens with zero attached hydrogens (tertiary/aromatic N) is 2. The molecule has 5 heterocycles. The fraction of sp³-hybridized carbons (Fsp3) is 0.0625. The number of fused-ring (bicyclic) bond motifs is 8. The summed E-state index contributed by atoms with van der Waals surface area (Å²) in [6, 6.07) is 29.4. The third kappa shape index (κ3) is 4.14. The molecule has 8 bridgehead atoms. The van der Waals surface area contributed by atoms with Gasteiger partial charge in [-0.2, -0.15) is 0 Å². The Labute approximate surface area is 236 Å². The average molecular weight is 622 g/mol. The van der Waals surface area contributed by atoms with E-state index in [1.165, 1.54) is 0 Å². The highest BCUT2D eigenvalue weighted by molar-refractivity contribution is 9.11. The molecular formula is C32H22Br2N4. The Balaban J connectivity index is 1.63. The summed E-state index contributed by atoms with van der Waals surface area (Å²) in [7, 11) is 0. The fourth-order valence-corrected chi connectivity index (χ4v) is 6.18. The van der Waals surface area contributed by atoms with Crippen molar-refractivity contribution >= 4 is 66.1 Å². The van der Waals surface area contributed by atoms with Gasteiger partial charge in [-0.15, -0.1) is 0 Å². The minimum absolute atomic E-state index is 0.857. The van der Waals surface area contributed by atoms with Crippen LogP contribution in [0.4, 0.5) is 0 Å². The van der Waals surface area contributed by atoms with Crippen molar-refractivity contribution in [2.45, 2.75) is 12.8 Å². The third-order valence-electron chi connectivity index (χ3n) is 7.00. The second-order valence-electron chi connectivity index (χ2n) is 9.43. The molecule has 0 spiro atoms. The zero-order valence-electron chi connectivity index (χ0n) is 20.3. The van der Waals surface area contributed by atoms with Crippen LogP contribution in [-0.2, 0) is 12.8 Å². The van der Waals surface area contributed by atoms with E-state index in [-0.39, 0.29) is 0 Å². The van der Waals surface area contributed by atoms with E-state index in [4.69, 9.17) is 9.97 Å². The van der Waals surface area contributed by atoms with E-state index in [2.05, 4.69) is 127 Å². The van der Waals surface area contributed by atoms with Gasteiger partial charge in [-0.1, -0.05) is 60.7 Å². The van der Waals surface area contributed by atoms with Crippen molar-refractivity contribution < 1.29 is 0 Å². The van der Waals surface area contributed by atoms with E-state index in [0.29, 0.717) is 0 Å². The summed E-state index contributed by atoms with van der Waals surface area (Å²) in [6.07, 6.45) is 5.89. The maximum Gasteiger partial charge on any atom is 0.0798 e. The zero-order chi connectivity index (χ0) is 25.6.